The average Bonchev–Trinajstić information content (AvgIpc) is 3.17. The summed E-state index contributed by atoms with van der Waals surface area (Å²) in [5.74, 6) is 1.12. The lowest BCUT2D eigenvalue weighted by atomic mass is 9.99. The molecule has 5 heteroatoms. The molecule has 0 radical (unpaired) electrons. The van der Waals surface area contributed by atoms with Gasteiger partial charge in [-0.2, -0.15) is 0 Å². The Hall–Kier alpha value is -1.10. The molecule has 20 heavy (non-hydrogen) atoms. The zero-order valence-corrected chi connectivity index (χ0v) is 12.5. The average molecular weight is 279 g/mol. The zero-order chi connectivity index (χ0) is 14.3. The van der Waals surface area contributed by atoms with Crippen molar-refractivity contribution in [1.29, 1.82) is 0 Å². The molecule has 1 N–H and O–H groups in total. The van der Waals surface area contributed by atoms with Crippen molar-refractivity contribution in [2.45, 2.75) is 44.7 Å². The standard InChI is InChI=1S/C15H25N3O2/c1-3-12-14(19)16-13(11-4-5-11)15(20)18(12)9-10-6-7-17(2)8-10/h10-13H,3-9H2,1-2H3,(H,16,19). The molecule has 1 saturated carbocycles. The number of likely N-dealkylation sites (tertiary alicyclic amines) is 1. The lowest BCUT2D eigenvalue weighted by Gasteiger charge is -2.40. The highest BCUT2D eigenvalue weighted by Gasteiger charge is 2.46. The maximum Gasteiger partial charge on any atom is 0.246 e. The minimum atomic E-state index is -0.261. The Morgan fingerprint density at radius 3 is 2.55 bits per heavy atom. The van der Waals surface area contributed by atoms with Gasteiger partial charge in [0.15, 0.2) is 0 Å². The van der Waals surface area contributed by atoms with Crippen molar-refractivity contribution in [3.8, 4) is 0 Å². The third-order valence-electron chi connectivity index (χ3n) is 4.95. The Balaban J connectivity index is 1.72. The number of carbonyl (C=O) groups is 2. The quantitative estimate of drug-likeness (QED) is 0.813. The fraction of sp³-hybridized carbons (Fsp3) is 0.867. The lowest BCUT2D eigenvalue weighted by molar-refractivity contribution is -0.150. The van der Waals surface area contributed by atoms with E-state index in [4.69, 9.17) is 0 Å². The van der Waals surface area contributed by atoms with Gasteiger partial charge in [-0.1, -0.05) is 6.92 Å². The molecule has 5 nitrogen and oxygen atoms in total. The predicted octanol–water partition coefficient (Wildman–Crippen LogP) is 0.454. The number of rotatable bonds is 4. The first-order valence-corrected chi connectivity index (χ1v) is 7.89. The molecule has 2 amide bonds. The summed E-state index contributed by atoms with van der Waals surface area (Å²) in [5, 5.41) is 2.95. The van der Waals surface area contributed by atoms with Gasteiger partial charge in [-0.05, 0) is 51.1 Å². The SMILES string of the molecule is CCC1C(=O)NC(C2CC2)C(=O)N1CC1CCN(C)C1. The molecule has 2 saturated heterocycles. The molecule has 0 spiro atoms. The van der Waals surface area contributed by atoms with E-state index in [-0.39, 0.29) is 23.9 Å². The monoisotopic (exact) mass is 279 g/mol. The molecule has 0 bridgehead atoms. The van der Waals surface area contributed by atoms with E-state index in [1.807, 2.05) is 11.8 Å². The van der Waals surface area contributed by atoms with Gasteiger partial charge in [0.1, 0.15) is 12.1 Å². The Morgan fingerprint density at radius 1 is 1.25 bits per heavy atom. The predicted molar refractivity (Wildman–Crippen MR) is 76.1 cm³/mol. The molecular formula is C15H25N3O2. The van der Waals surface area contributed by atoms with Crippen LogP contribution in [-0.2, 0) is 9.59 Å². The van der Waals surface area contributed by atoms with Crippen LogP contribution in [0.1, 0.15) is 32.6 Å². The van der Waals surface area contributed by atoms with Crippen molar-refractivity contribution in [2.75, 3.05) is 26.7 Å². The number of hydrogen-bond donors (Lipinski definition) is 1. The highest BCUT2D eigenvalue weighted by atomic mass is 16.2. The first-order chi connectivity index (χ1) is 9.60. The van der Waals surface area contributed by atoms with E-state index in [0.29, 0.717) is 18.3 Å². The van der Waals surface area contributed by atoms with Crippen molar-refractivity contribution < 1.29 is 9.59 Å². The number of carbonyl (C=O) groups excluding carboxylic acids is 2. The second-order valence-electron chi connectivity index (χ2n) is 6.66. The molecule has 2 heterocycles. The van der Waals surface area contributed by atoms with Crippen LogP contribution in [0.4, 0.5) is 0 Å². The van der Waals surface area contributed by atoms with Crippen LogP contribution in [0, 0.1) is 11.8 Å². The zero-order valence-electron chi connectivity index (χ0n) is 12.5. The molecule has 0 aromatic rings. The van der Waals surface area contributed by atoms with Gasteiger partial charge >= 0.3 is 0 Å². The first-order valence-electron chi connectivity index (χ1n) is 7.89. The van der Waals surface area contributed by atoms with Gasteiger partial charge in [-0.25, -0.2) is 0 Å². The molecule has 3 aliphatic rings. The van der Waals surface area contributed by atoms with Gasteiger partial charge in [-0.3, -0.25) is 9.59 Å². The summed E-state index contributed by atoms with van der Waals surface area (Å²) in [6, 6.07) is -0.507. The number of piperazine rings is 1. The third kappa shape index (κ3) is 2.55. The Morgan fingerprint density at radius 2 is 2.00 bits per heavy atom. The summed E-state index contributed by atoms with van der Waals surface area (Å²) in [7, 11) is 2.12. The Kier molecular flexibility index (Phi) is 3.71. The molecule has 2 aliphatic heterocycles. The van der Waals surface area contributed by atoms with E-state index >= 15 is 0 Å². The number of hydrogen-bond acceptors (Lipinski definition) is 3. The molecule has 3 fully saturated rings. The van der Waals surface area contributed by atoms with Crippen LogP contribution in [0.2, 0.25) is 0 Å². The van der Waals surface area contributed by atoms with E-state index in [1.54, 1.807) is 0 Å². The Labute approximate surface area is 120 Å². The molecule has 3 unspecified atom stereocenters. The molecule has 0 aromatic carbocycles. The van der Waals surface area contributed by atoms with E-state index in [2.05, 4.69) is 17.3 Å². The van der Waals surface area contributed by atoms with Gasteiger partial charge in [0.25, 0.3) is 0 Å². The van der Waals surface area contributed by atoms with E-state index in [1.165, 1.54) is 0 Å². The second kappa shape index (κ2) is 5.35. The van der Waals surface area contributed by atoms with Crippen LogP contribution in [0.5, 0.6) is 0 Å². The largest absolute Gasteiger partial charge is 0.342 e. The van der Waals surface area contributed by atoms with Crippen molar-refractivity contribution in [3.63, 3.8) is 0 Å². The second-order valence-corrected chi connectivity index (χ2v) is 6.66. The first kappa shape index (κ1) is 13.9. The van der Waals surface area contributed by atoms with Crippen molar-refractivity contribution in [1.82, 2.24) is 15.1 Å². The van der Waals surface area contributed by atoms with E-state index in [0.717, 1.165) is 38.9 Å². The van der Waals surface area contributed by atoms with Crippen LogP contribution in [-0.4, -0.2) is 60.4 Å². The smallest absolute Gasteiger partial charge is 0.246 e. The Bertz CT molecular complexity index is 408. The van der Waals surface area contributed by atoms with Crippen LogP contribution < -0.4 is 5.32 Å². The molecular weight excluding hydrogens is 254 g/mol. The highest BCUT2D eigenvalue weighted by Crippen LogP contribution is 2.35. The van der Waals surface area contributed by atoms with Gasteiger partial charge in [-0.15, -0.1) is 0 Å². The van der Waals surface area contributed by atoms with E-state index < -0.39 is 0 Å². The molecule has 3 atom stereocenters. The van der Waals surface area contributed by atoms with Crippen LogP contribution >= 0.6 is 0 Å². The summed E-state index contributed by atoms with van der Waals surface area (Å²) in [4.78, 5) is 29.1. The van der Waals surface area contributed by atoms with Crippen LogP contribution in [0.3, 0.4) is 0 Å². The van der Waals surface area contributed by atoms with Crippen molar-refractivity contribution in [3.05, 3.63) is 0 Å². The van der Waals surface area contributed by atoms with Crippen molar-refractivity contribution >= 4 is 11.8 Å². The summed E-state index contributed by atoms with van der Waals surface area (Å²) in [6.07, 6.45) is 3.99. The third-order valence-corrected chi connectivity index (χ3v) is 4.95. The summed E-state index contributed by atoms with van der Waals surface area (Å²) < 4.78 is 0. The van der Waals surface area contributed by atoms with Crippen molar-refractivity contribution in [2.24, 2.45) is 11.8 Å². The molecule has 112 valence electrons. The van der Waals surface area contributed by atoms with Crippen LogP contribution in [0.25, 0.3) is 0 Å². The lowest BCUT2D eigenvalue weighted by Crippen LogP contribution is -2.64. The van der Waals surface area contributed by atoms with Crippen LogP contribution in [0.15, 0.2) is 0 Å². The maximum absolute atomic E-state index is 12.7. The highest BCUT2D eigenvalue weighted by molar-refractivity contribution is 5.97. The number of nitrogens with zero attached hydrogens (tertiary/aromatic N) is 2. The number of nitrogens with one attached hydrogen (secondary N) is 1. The minimum absolute atomic E-state index is 0.0513. The topological polar surface area (TPSA) is 52.7 Å². The summed E-state index contributed by atoms with van der Waals surface area (Å²) in [6.45, 7) is 4.87. The van der Waals surface area contributed by atoms with Gasteiger partial charge in [0.2, 0.25) is 11.8 Å². The molecule has 3 rings (SSSR count). The summed E-state index contributed by atoms with van der Waals surface area (Å²) >= 11 is 0. The fourth-order valence-electron chi connectivity index (χ4n) is 3.61. The van der Waals surface area contributed by atoms with Gasteiger partial charge in [0, 0.05) is 13.1 Å². The number of amides is 2. The van der Waals surface area contributed by atoms with E-state index in [9.17, 15) is 9.59 Å². The fourth-order valence-corrected chi connectivity index (χ4v) is 3.61. The minimum Gasteiger partial charge on any atom is -0.342 e. The van der Waals surface area contributed by atoms with Gasteiger partial charge in [0.05, 0.1) is 0 Å². The summed E-state index contributed by atoms with van der Waals surface area (Å²) in [5.41, 5.74) is 0. The molecule has 0 aromatic heterocycles. The maximum atomic E-state index is 12.7. The normalized spacial score (nSPS) is 35.5. The molecule has 1 aliphatic carbocycles. The van der Waals surface area contributed by atoms with Gasteiger partial charge < -0.3 is 15.1 Å².